The Morgan fingerprint density at radius 1 is 1.64 bits per heavy atom. The number of fused-ring (bicyclic) bond motifs is 1. The molecule has 1 aliphatic rings. The van der Waals surface area contributed by atoms with E-state index in [1.54, 1.807) is 0 Å². The van der Waals surface area contributed by atoms with Crippen LogP contribution in [0.3, 0.4) is 0 Å². The van der Waals surface area contributed by atoms with E-state index in [0.29, 0.717) is 5.76 Å². The van der Waals surface area contributed by atoms with Crippen LogP contribution in [0.5, 0.6) is 0 Å². The van der Waals surface area contributed by atoms with Gasteiger partial charge in [-0.1, -0.05) is 6.92 Å². The molecule has 0 bridgehead atoms. The summed E-state index contributed by atoms with van der Waals surface area (Å²) in [6, 6.07) is 1.96. The highest BCUT2D eigenvalue weighted by atomic mass is 16.4. The van der Waals surface area contributed by atoms with Crippen molar-refractivity contribution in [2.75, 3.05) is 0 Å². The highest BCUT2D eigenvalue weighted by Crippen LogP contribution is 2.37. The third kappa shape index (κ3) is 1.33. The molecule has 0 saturated heterocycles. The number of aryl methyl sites for hydroxylation is 2. The fourth-order valence-corrected chi connectivity index (χ4v) is 2.21. The average Bonchev–Trinajstić information content (AvgIpc) is 2.43. The molecule has 0 aliphatic heterocycles. The molecule has 0 fully saturated rings. The Labute approximate surface area is 82.7 Å². The molecule has 1 aromatic heterocycles. The second kappa shape index (κ2) is 3.15. The molecule has 0 aromatic carbocycles. The zero-order valence-electron chi connectivity index (χ0n) is 8.41. The van der Waals surface area contributed by atoms with Crippen molar-refractivity contribution in [1.29, 1.82) is 0 Å². The minimum absolute atomic E-state index is 0.172. The highest BCUT2D eigenvalue weighted by molar-refractivity contribution is 5.76. The van der Waals surface area contributed by atoms with E-state index in [0.717, 1.165) is 24.2 Å². The van der Waals surface area contributed by atoms with E-state index in [2.05, 4.69) is 0 Å². The van der Waals surface area contributed by atoms with Crippen LogP contribution in [0.4, 0.5) is 0 Å². The number of hydrogen-bond donors (Lipinski definition) is 1. The monoisotopic (exact) mass is 194 g/mol. The van der Waals surface area contributed by atoms with Crippen molar-refractivity contribution in [3.63, 3.8) is 0 Å². The van der Waals surface area contributed by atoms with Gasteiger partial charge in [0.05, 0.1) is 0 Å². The van der Waals surface area contributed by atoms with E-state index in [-0.39, 0.29) is 5.92 Å². The van der Waals surface area contributed by atoms with Crippen LogP contribution in [0.2, 0.25) is 0 Å². The van der Waals surface area contributed by atoms with E-state index in [1.807, 2.05) is 19.9 Å². The molecule has 0 spiro atoms. The maximum Gasteiger partial charge on any atom is 0.314 e. The lowest BCUT2D eigenvalue weighted by Crippen LogP contribution is -2.24. The van der Waals surface area contributed by atoms with Gasteiger partial charge >= 0.3 is 5.97 Å². The fourth-order valence-electron chi connectivity index (χ4n) is 2.21. The molecule has 1 aromatic rings. The maximum atomic E-state index is 11.1. The first-order valence-corrected chi connectivity index (χ1v) is 4.91. The summed E-state index contributed by atoms with van der Waals surface area (Å²) in [4.78, 5) is 11.1. The smallest absolute Gasteiger partial charge is 0.314 e. The molecule has 1 aliphatic carbocycles. The number of furan rings is 1. The first kappa shape index (κ1) is 9.31. The number of carbonyl (C=O) groups is 1. The molecule has 76 valence electrons. The van der Waals surface area contributed by atoms with Crippen molar-refractivity contribution < 1.29 is 14.3 Å². The summed E-state index contributed by atoms with van der Waals surface area (Å²) in [5.41, 5.74) is 1.08. The molecule has 0 radical (unpaired) electrons. The molecule has 0 saturated carbocycles. The zero-order chi connectivity index (χ0) is 10.3. The predicted molar refractivity (Wildman–Crippen MR) is 51.3 cm³/mol. The summed E-state index contributed by atoms with van der Waals surface area (Å²) in [7, 11) is 0. The van der Waals surface area contributed by atoms with Gasteiger partial charge in [-0.05, 0) is 37.3 Å². The van der Waals surface area contributed by atoms with Gasteiger partial charge in [-0.15, -0.1) is 0 Å². The first-order valence-electron chi connectivity index (χ1n) is 4.91. The van der Waals surface area contributed by atoms with Gasteiger partial charge in [0.25, 0.3) is 0 Å². The molecule has 14 heavy (non-hydrogen) atoms. The number of carboxylic acids is 1. The Hall–Kier alpha value is -1.25. The van der Waals surface area contributed by atoms with Gasteiger partial charge in [-0.25, -0.2) is 0 Å². The summed E-state index contributed by atoms with van der Waals surface area (Å²) in [6.07, 6.45) is 1.88. The lowest BCUT2D eigenvalue weighted by atomic mass is 9.80. The molecule has 2 unspecified atom stereocenters. The first-order chi connectivity index (χ1) is 6.59. The summed E-state index contributed by atoms with van der Waals surface area (Å²) < 4.78 is 5.47. The van der Waals surface area contributed by atoms with Crippen molar-refractivity contribution in [3.05, 3.63) is 23.2 Å². The Bertz CT molecular complexity index is 365. The number of carboxylic acid groups (broad SMARTS) is 1. The molecule has 3 heteroatoms. The zero-order valence-corrected chi connectivity index (χ0v) is 8.41. The topological polar surface area (TPSA) is 50.4 Å². The van der Waals surface area contributed by atoms with Crippen LogP contribution in [0, 0.1) is 12.8 Å². The van der Waals surface area contributed by atoms with E-state index >= 15 is 0 Å². The van der Waals surface area contributed by atoms with E-state index in [1.165, 1.54) is 0 Å². The quantitative estimate of drug-likeness (QED) is 0.746. The van der Waals surface area contributed by atoms with Gasteiger partial charge in [0, 0.05) is 0 Å². The van der Waals surface area contributed by atoms with Crippen molar-refractivity contribution in [2.24, 2.45) is 5.92 Å². The van der Waals surface area contributed by atoms with Gasteiger partial charge in [-0.2, -0.15) is 0 Å². The largest absolute Gasteiger partial charge is 0.481 e. The molecule has 2 atom stereocenters. The molecule has 2 rings (SSSR count). The minimum atomic E-state index is -0.771. The standard InChI is InChI=1S/C11H14O3/c1-6-3-4-8-5-7(2)14-10(8)9(6)11(12)13/h5-6,9H,3-4H2,1-2H3,(H,12,13). The summed E-state index contributed by atoms with van der Waals surface area (Å²) in [5.74, 6) is 0.440. The fraction of sp³-hybridized carbons (Fsp3) is 0.545. The Morgan fingerprint density at radius 2 is 2.36 bits per heavy atom. The van der Waals surface area contributed by atoms with Crippen LogP contribution < -0.4 is 0 Å². The summed E-state index contributed by atoms with van der Waals surface area (Å²) >= 11 is 0. The molecular formula is C11H14O3. The second-order valence-corrected chi connectivity index (χ2v) is 4.08. The van der Waals surface area contributed by atoms with Gasteiger partial charge < -0.3 is 9.52 Å². The molecule has 1 N–H and O–H groups in total. The third-order valence-corrected chi connectivity index (χ3v) is 2.95. The molecule has 0 amide bonds. The van der Waals surface area contributed by atoms with Crippen molar-refractivity contribution in [1.82, 2.24) is 0 Å². The Kier molecular flexibility index (Phi) is 2.10. The minimum Gasteiger partial charge on any atom is -0.481 e. The van der Waals surface area contributed by atoms with E-state index in [4.69, 9.17) is 9.52 Å². The molecule has 3 nitrogen and oxygen atoms in total. The molecule has 1 heterocycles. The van der Waals surface area contributed by atoms with Crippen LogP contribution in [0.25, 0.3) is 0 Å². The number of rotatable bonds is 1. The normalized spacial score (nSPS) is 25.9. The van der Waals surface area contributed by atoms with Crippen LogP contribution >= 0.6 is 0 Å². The van der Waals surface area contributed by atoms with Gasteiger partial charge in [0.15, 0.2) is 0 Å². The SMILES string of the molecule is Cc1cc2c(o1)C(C(=O)O)C(C)CC2. The van der Waals surface area contributed by atoms with Crippen LogP contribution in [0.1, 0.15) is 36.3 Å². The van der Waals surface area contributed by atoms with Crippen LogP contribution in [-0.4, -0.2) is 11.1 Å². The van der Waals surface area contributed by atoms with E-state index < -0.39 is 11.9 Å². The Morgan fingerprint density at radius 3 is 3.00 bits per heavy atom. The van der Waals surface area contributed by atoms with Crippen molar-refractivity contribution >= 4 is 5.97 Å². The summed E-state index contributed by atoms with van der Waals surface area (Å²) in [6.45, 7) is 3.83. The lowest BCUT2D eigenvalue weighted by molar-refractivity contribution is -0.140. The van der Waals surface area contributed by atoms with Crippen molar-refractivity contribution in [3.8, 4) is 0 Å². The van der Waals surface area contributed by atoms with Crippen LogP contribution in [0.15, 0.2) is 10.5 Å². The number of hydrogen-bond acceptors (Lipinski definition) is 2. The average molecular weight is 194 g/mol. The lowest BCUT2D eigenvalue weighted by Gasteiger charge is -2.23. The summed E-state index contributed by atoms with van der Waals surface area (Å²) in [5, 5.41) is 9.10. The highest BCUT2D eigenvalue weighted by Gasteiger charge is 2.35. The van der Waals surface area contributed by atoms with Crippen LogP contribution in [-0.2, 0) is 11.2 Å². The Balaban J connectivity index is 2.45. The van der Waals surface area contributed by atoms with Gasteiger partial charge in [-0.3, -0.25) is 4.79 Å². The van der Waals surface area contributed by atoms with Crippen molar-refractivity contribution in [2.45, 2.75) is 32.6 Å². The molecular weight excluding hydrogens is 180 g/mol. The predicted octanol–water partition coefficient (Wildman–Crippen LogP) is 2.34. The third-order valence-electron chi connectivity index (χ3n) is 2.95. The second-order valence-electron chi connectivity index (χ2n) is 4.08. The maximum absolute atomic E-state index is 11.1. The van der Waals surface area contributed by atoms with E-state index in [9.17, 15) is 4.79 Å². The van der Waals surface area contributed by atoms with Gasteiger partial charge in [0.2, 0.25) is 0 Å². The van der Waals surface area contributed by atoms with Gasteiger partial charge in [0.1, 0.15) is 17.4 Å². The number of aliphatic carboxylic acids is 1.